The van der Waals surface area contributed by atoms with Gasteiger partial charge in [-0.1, -0.05) is 18.6 Å². The van der Waals surface area contributed by atoms with Gasteiger partial charge in [-0.2, -0.15) is 0 Å². The first-order valence-electron chi connectivity index (χ1n) is 8.04. The zero-order valence-corrected chi connectivity index (χ0v) is 12.9. The van der Waals surface area contributed by atoms with Crippen molar-refractivity contribution >= 4 is 5.97 Å². The monoisotopic (exact) mass is 306 g/mol. The molecule has 1 aromatic rings. The predicted octanol–water partition coefficient (Wildman–Crippen LogP) is 3.50. The van der Waals surface area contributed by atoms with Crippen LogP contribution >= 0.6 is 0 Å². The molecule has 0 aromatic heterocycles. The van der Waals surface area contributed by atoms with Crippen LogP contribution in [0.5, 0.6) is 0 Å². The molecule has 2 unspecified atom stereocenters. The molecule has 0 radical (unpaired) electrons. The molecular weight excluding hydrogens is 283 g/mol. The number of aliphatic hydroxyl groups is 1. The standard InChI is InChI=1S/C18H23FO3/c1-17(22)9-13-3-2-4-14(10-17)18(13,11-16(20)21)12-5-7-15(19)8-6-12/h5-8,13-14,22H,2-4,9-11H2,1H3,(H,20,21)/t13?,14?,17-,18-. The summed E-state index contributed by atoms with van der Waals surface area (Å²) in [6.07, 6.45) is 4.23. The average Bonchev–Trinajstić information content (AvgIpc) is 2.40. The molecule has 0 aliphatic heterocycles. The van der Waals surface area contributed by atoms with E-state index in [4.69, 9.17) is 0 Å². The van der Waals surface area contributed by atoms with Crippen LogP contribution in [0.1, 0.15) is 51.0 Å². The largest absolute Gasteiger partial charge is 0.481 e. The molecule has 2 aliphatic rings. The summed E-state index contributed by atoms with van der Waals surface area (Å²) in [4.78, 5) is 11.6. The fourth-order valence-electron chi connectivity index (χ4n) is 5.05. The second kappa shape index (κ2) is 5.34. The number of carboxylic acids is 1. The first-order chi connectivity index (χ1) is 10.3. The minimum absolute atomic E-state index is 0.0596. The van der Waals surface area contributed by atoms with E-state index in [0.717, 1.165) is 24.8 Å². The minimum atomic E-state index is -0.817. The van der Waals surface area contributed by atoms with Crippen molar-refractivity contribution in [2.45, 2.75) is 56.5 Å². The quantitative estimate of drug-likeness (QED) is 0.898. The Hall–Kier alpha value is -1.42. The van der Waals surface area contributed by atoms with Crippen molar-refractivity contribution < 1.29 is 19.4 Å². The lowest BCUT2D eigenvalue weighted by atomic mass is 9.48. The third-order valence-corrected chi connectivity index (χ3v) is 5.76. The van der Waals surface area contributed by atoms with E-state index in [0.29, 0.717) is 12.8 Å². The van der Waals surface area contributed by atoms with Gasteiger partial charge in [0.2, 0.25) is 0 Å². The van der Waals surface area contributed by atoms with Crippen molar-refractivity contribution in [2.75, 3.05) is 0 Å². The molecule has 2 aliphatic carbocycles. The number of rotatable bonds is 3. The highest BCUT2D eigenvalue weighted by Crippen LogP contribution is 2.58. The van der Waals surface area contributed by atoms with Crippen molar-refractivity contribution in [1.82, 2.24) is 0 Å². The van der Waals surface area contributed by atoms with Gasteiger partial charge in [0.15, 0.2) is 0 Å². The molecule has 120 valence electrons. The summed E-state index contributed by atoms with van der Waals surface area (Å²) >= 11 is 0. The van der Waals surface area contributed by atoms with Crippen molar-refractivity contribution in [3.05, 3.63) is 35.6 Å². The average molecular weight is 306 g/mol. The van der Waals surface area contributed by atoms with E-state index < -0.39 is 17.0 Å². The molecule has 0 saturated heterocycles. The maximum atomic E-state index is 13.3. The first kappa shape index (κ1) is 15.5. The molecule has 2 atom stereocenters. The van der Waals surface area contributed by atoms with Gasteiger partial charge in [0, 0.05) is 5.41 Å². The van der Waals surface area contributed by atoms with Crippen LogP contribution in [0.4, 0.5) is 4.39 Å². The minimum Gasteiger partial charge on any atom is -0.481 e. The topological polar surface area (TPSA) is 57.5 Å². The summed E-state index contributed by atoms with van der Waals surface area (Å²) in [7, 11) is 0. The fraction of sp³-hybridized carbons (Fsp3) is 0.611. The van der Waals surface area contributed by atoms with E-state index in [9.17, 15) is 19.4 Å². The summed E-state index contributed by atoms with van der Waals surface area (Å²) in [5.41, 5.74) is -0.279. The van der Waals surface area contributed by atoms with E-state index in [1.165, 1.54) is 12.1 Å². The highest BCUT2D eigenvalue weighted by molar-refractivity contribution is 5.69. The maximum Gasteiger partial charge on any atom is 0.304 e. The Morgan fingerprint density at radius 3 is 2.27 bits per heavy atom. The van der Waals surface area contributed by atoms with Crippen LogP contribution in [0.3, 0.4) is 0 Å². The van der Waals surface area contributed by atoms with Crippen molar-refractivity contribution in [1.29, 1.82) is 0 Å². The summed E-state index contributed by atoms with van der Waals surface area (Å²) in [6, 6.07) is 6.32. The summed E-state index contributed by atoms with van der Waals surface area (Å²) in [5, 5.41) is 20.0. The number of carboxylic acid groups (broad SMARTS) is 1. The van der Waals surface area contributed by atoms with Crippen molar-refractivity contribution in [3.8, 4) is 0 Å². The van der Waals surface area contributed by atoms with E-state index in [-0.39, 0.29) is 24.1 Å². The first-order valence-corrected chi connectivity index (χ1v) is 8.04. The second-order valence-corrected chi connectivity index (χ2v) is 7.35. The van der Waals surface area contributed by atoms with Crippen LogP contribution in [-0.4, -0.2) is 21.8 Å². The molecule has 1 aromatic carbocycles. The third kappa shape index (κ3) is 2.54. The zero-order chi connectivity index (χ0) is 16.0. The number of fused-ring (bicyclic) bond motifs is 2. The van der Waals surface area contributed by atoms with E-state index in [2.05, 4.69) is 0 Å². The van der Waals surface area contributed by atoms with Gasteiger partial charge in [0.25, 0.3) is 0 Å². The van der Waals surface area contributed by atoms with Gasteiger partial charge in [0.1, 0.15) is 5.82 Å². The van der Waals surface area contributed by atoms with Crippen LogP contribution in [0.25, 0.3) is 0 Å². The van der Waals surface area contributed by atoms with Gasteiger partial charge in [0.05, 0.1) is 12.0 Å². The van der Waals surface area contributed by atoms with Crippen LogP contribution in [0.2, 0.25) is 0 Å². The van der Waals surface area contributed by atoms with Gasteiger partial charge in [-0.15, -0.1) is 0 Å². The predicted molar refractivity (Wildman–Crippen MR) is 81.0 cm³/mol. The third-order valence-electron chi connectivity index (χ3n) is 5.76. The number of carbonyl (C=O) groups is 1. The van der Waals surface area contributed by atoms with Crippen molar-refractivity contribution in [2.24, 2.45) is 11.8 Å². The maximum absolute atomic E-state index is 13.3. The molecule has 4 heteroatoms. The van der Waals surface area contributed by atoms with E-state index in [1.54, 1.807) is 12.1 Å². The molecule has 22 heavy (non-hydrogen) atoms. The highest BCUT2D eigenvalue weighted by Gasteiger charge is 2.56. The number of benzene rings is 1. The molecule has 2 saturated carbocycles. The zero-order valence-electron chi connectivity index (χ0n) is 12.9. The molecule has 0 heterocycles. The Labute approximate surface area is 130 Å². The normalized spacial score (nSPS) is 37.8. The Morgan fingerprint density at radius 2 is 1.77 bits per heavy atom. The second-order valence-electron chi connectivity index (χ2n) is 7.35. The lowest BCUT2D eigenvalue weighted by molar-refractivity contribution is -0.145. The molecule has 0 spiro atoms. The SMILES string of the molecule is C[C@]1(O)CC2CCCC(C1)[C@@]2(CC(=O)O)c1ccc(F)cc1. The van der Waals surface area contributed by atoms with Gasteiger partial charge < -0.3 is 10.2 Å². The lowest BCUT2D eigenvalue weighted by Crippen LogP contribution is -2.55. The van der Waals surface area contributed by atoms with Crippen LogP contribution in [-0.2, 0) is 10.2 Å². The van der Waals surface area contributed by atoms with Crippen LogP contribution in [0.15, 0.2) is 24.3 Å². The number of halogens is 1. The van der Waals surface area contributed by atoms with Crippen LogP contribution < -0.4 is 0 Å². The smallest absolute Gasteiger partial charge is 0.304 e. The molecular formula is C18H23FO3. The van der Waals surface area contributed by atoms with Gasteiger partial charge in [-0.3, -0.25) is 4.79 Å². The van der Waals surface area contributed by atoms with Gasteiger partial charge in [-0.05, 0) is 62.1 Å². The van der Waals surface area contributed by atoms with Gasteiger partial charge in [-0.25, -0.2) is 4.39 Å². The van der Waals surface area contributed by atoms with E-state index in [1.807, 2.05) is 6.92 Å². The summed E-state index contributed by atoms with van der Waals surface area (Å²) in [6.45, 7) is 1.85. The summed E-state index contributed by atoms with van der Waals surface area (Å²) in [5.74, 6) is -0.849. The fourth-order valence-corrected chi connectivity index (χ4v) is 5.05. The molecule has 2 bridgehead atoms. The lowest BCUT2D eigenvalue weighted by Gasteiger charge is -2.57. The molecule has 0 amide bonds. The van der Waals surface area contributed by atoms with Crippen LogP contribution in [0, 0.1) is 17.7 Å². The number of hydrogen-bond acceptors (Lipinski definition) is 2. The highest BCUT2D eigenvalue weighted by atomic mass is 19.1. The molecule has 3 nitrogen and oxygen atoms in total. The Balaban J connectivity index is 2.09. The Kier molecular flexibility index (Phi) is 3.76. The van der Waals surface area contributed by atoms with Crippen molar-refractivity contribution in [3.63, 3.8) is 0 Å². The van der Waals surface area contributed by atoms with Gasteiger partial charge >= 0.3 is 5.97 Å². The number of hydrogen-bond donors (Lipinski definition) is 2. The van der Waals surface area contributed by atoms with E-state index >= 15 is 0 Å². The Morgan fingerprint density at radius 1 is 1.23 bits per heavy atom. The Bertz CT molecular complexity index is 548. The number of aliphatic carboxylic acids is 1. The molecule has 2 fully saturated rings. The molecule has 2 N–H and O–H groups in total. The molecule has 3 rings (SSSR count). The summed E-state index contributed by atoms with van der Waals surface area (Å²) < 4.78 is 13.3.